The molecular formula is C17H21N3O3. The molecule has 0 spiro atoms. The quantitative estimate of drug-likeness (QED) is 0.917. The third-order valence-corrected chi connectivity index (χ3v) is 3.99. The smallest absolute Gasteiger partial charge is 0.231 e. The minimum absolute atomic E-state index is 0.0697. The van der Waals surface area contributed by atoms with Crippen LogP contribution < -0.4 is 5.32 Å². The largest absolute Gasteiger partial charge is 0.379 e. The van der Waals surface area contributed by atoms with Gasteiger partial charge in [-0.05, 0) is 6.92 Å². The van der Waals surface area contributed by atoms with E-state index in [1.54, 1.807) is 6.07 Å². The van der Waals surface area contributed by atoms with E-state index in [9.17, 15) is 4.79 Å². The highest BCUT2D eigenvalue weighted by atomic mass is 16.5. The lowest BCUT2D eigenvalue weighted by molar-refractivity contribution is -0.117. The Morgan fingerprint density at radius 3 is 2.78 bits per heavy atom. The standard InChI is InChI=1S/C17H21N3O3/c1-13(20-7-9-22-10-8-20)11-16(21)18-17-12-15(19-23-17)14-5-3-2-4-6-14/h2-6,12-13H,7-11H2,1H3,(H,18,21). The number of rotatable bonds is 5. The summed E-state index contributed by atoms with van der Waals surface area (Å²) in [7, 11) is 0. The van der Waals surface area contributed by atoms with E-state index in [1.165, 1.54) is 0 Å². The molecule has 1 aromatic carbocycles. The third-order valence-electron chi connectivity index (χ3n) is 3.99. The van der Waals surface area contributed by atoms with Crippen LogP contribution in [0, 0.1) is 0 Å². The minimum Gasteiger partial charge on any atom is -0.379 e. The Labute approximate surface area is 135 Å². The van der Waals surface area contributed by atoms with Gasteiger partial charge in [0.05, 0.1) is 13.2 Å². The number of anilines is 1. The maximum absolute atomic E-state index is 12.2. The summed E-state index contributed by atoms with van der Waals surface area (Å²) in [6.45, 7) is 5.26. The van der Waals surface area contributed by atoms with Crippen molar-refractivity contribution in [2.24, 2.45) is 0 Å². The number of morpholine rings is 1. The summed E-state index contributed by atoms with van der Waals surface area (Å²) in [4.78, 5) is 14.4. The molecule has 1 aromatic heterocycles. The van der Waals surface area contributed by atoms with E-state index in [4.69, 9.17) is 9.26 Å². The number of benzene rings is 1. The van der Waals surface area contributed by atoms with Gasteiger partial charge >= 0.3 is 0 Å². The molecule has 3 rings (SSSR count). The van der Waals surface area contributed by atoms with Crippen molar-refractivity contribution in [3.8, 4) is 11.3 Å². The van der Waals surface area contributed by atoms with Crippen LogP contribution in [0.5, 0.6) is 0 Å². The molecule has 23 heavy (non-hydrogen) atoms. The molecule has 6 heteroatoms. The number of hydrogen-bond donors (Lipinski definition) is 1. The summed E-state index contributed by atoms with van der Waals surface area (Å²) < 4.78 is 10.5. The molecule has 1 saturated heterocycles. The highest BCUT2D eigenvalue weighted by molar-refractivity contribution is 5.90. The molecule has 0 saturated carbocycles. The van der Waals surface area contributed by atoms with Crippen molar-refractivity contribution >= 4 is 11.8 Å². The molecule has 2 heterocycles. The normalized spacial score (nSPS) is 16.9. The molecule has 1 aliphatic rings. The lowest BCUT2D eigenvalue weighted by Gasteiger charge is -2.31. The first-order valence-electron chi connectivity index (χ1n) is 7.86. The first-order valence-corrected chi connectivity index (χ1v) is 7.86. The van der Waals surface area contributed by atoms with Crippen LogP contribution in [-0.4, -0.2) is 48.3 Å². The Morgan fingerprint density at radius 1 is 1.30 bits per heavy atom. The number of ether oxygens (including phenoxy) is 1. The lowest BCUT2D eigenvalue weighted by Crippen LogP contribution is -2.43. The number of aromatic nitrogens is 1. The Morgan fingerprint density at radius 2 is 2.04 bits per heavy atom. The number of nitrogens with zero attached hydrogens (tertiary/aromatic N) is 2. The number of nitrogens with one attached hydrogen (secondary N) is 1. The summed E-state index contributed by atoms with van der Waals surface area (Å²) in [6.07, 6.45) is 0.418. The summed E-state index contributed by atoms with van der Waals surface area (Å²) in [5.41, 5.74) is 1.67. The highest BCUT2D eigenvalue weighted by Gasteiger charge is 2.20. The molecule has 1 N–H and O–H groups in total. The topological polar surface area (TPSA) is 67.6 Å². The highest BCUT2D eigenvalue weighted by Crippen LogP contribution is 2.21. The molecule has 2 aromatic rings. The van der Waals surface area contributed by atoms with Gasteiger partial charge in [-0.3, -0.25) is 15.0 Å². The zero-order valence-corrected chi connectivity index (χ0v) is 13.2. The SMILES string of the molecule is CC(CC(=O)Nc1cc(-c2ccccc2)no1)N1CCOCC1. The molecular weight excluding hydrogens is 294 g/mol. The Balaban J connectivity index is 1.55. The number of carbonyl (C=O) groups is 1. The van der Waals surface area contributed by atoms with Gasteiger partial charge in [0.15, 0.2) is 0 Å². The van der Waals surface area contributed by atoms with Crippen LogP contribution in [0.15, 0.2) is 40.9 Å². The van der Waals surface area contributed by atoms with Crippen LogP contribution >= 0.6 is 0 Å². The first-order chi connectivity index (χ1) is 11.2. The fourth-order valence-electron chi connectivity index (χ4n) is 2.68. The Kier molecular flexibility index (Phi) is 5.05. The van der Waals surface area contributed by atoms with Crippen molar-refractivity contribution < 1.29 is 14.1 Å². The van der Waals surface area contributed by atoms with Crippen molar-refractivity contribution in [1.29, 1.82) is 0 Å². The summed E-state index contributed by atoms with van der Waals surface area (Å²) in [5.74, 6) is 0.308. The third kappa shape index (κ3) is 4.18. The second-order valence-electron chi connectivity index (χ2n) is 5.69. The second kappa shape index (κ2) is 7.39. The van der Waals surface area contributed by atoms with E-state index in [-0.39, 0.29) is 11.9 Å². The summed E-state index contributed by atoms with van der Waals surface area (Å²) in [6, 6.07) is 11.6. The maximum Gasteiger partial charge on any atom is 0.231 e. The van der Waals surface area contributed by atoms with Crippen LogP contribution in [0.4, 0.5) is 5.88 Å². The fraction of sp³-hybridized carbons (Fsp3) is 0.412. The Hall–Kier alpha value is -2.18. The fourth-order valence-corrected chi connectivity index (χ4v) is 2.68. The van der Waals surface area contributed by atoms with E-state index in [2.05, 4.69) is 22.3 Å². The molecule has 1 unspecified atom stereocenters. The van der Waals surface area contributed by atoms with Gasteiger partial charge in [-0.25, -0.2) is 0 Å². The molecule has 1 atom stereocenters. The zero-order chi connectivity index (χ0) is 16.1. The number of hydrogen-bond acceptors (Lipinski definition) is 5. The molecule has 1 fully saturated rings. The number of amides is 1. The number of carbonyl (C=O) groups excluding carboxylic acids is 1. The van der Waals surface area contributed by atoms with Crippen molar-refractivity contribution in [3.05, 3.63) is 36.4 Å². The van der Waals surface area contributed by atoms with Gasteiger partial charge in [-0.2, -0.15) is 0 Å². The minimum atomic E-state index is -0.0697. The van der Waals surface area contributed by atoms with Crippen molar-refractivity contribution in [3.63, 3.8) is 0 Å². The molecule has 0 radical (unpaired) electrons. The molecule has 1 amide bonds. The Bertz CT molecular complexity index is 636. The summed E-state index contributed by atoms with van der Waals surface area (Å²) in [5, 5.41) is 6.77. The predicted molar refractivity (Wildman–Crippen MR) is 87.0 cm³/mol. The van der Waals surface area contributed by atoms with Crippen molar-refractivity contribution in [1.82, 2.24) is 10.1 Å². The lowest BCUT2D eigenvalue weighted by atomic mass is 10.1. The van der Waals surface area contributed by atoms with Gasteiger partial charge in [-0.15, -0.1) is 0 Å². The van der Waals surface area contributed by atoms with Gasteiger partial charge in [-0.1, -0.05) is 35.5 Å². The van der Waals surface area contributed by atoms with Gasteiger partial charge in [0, 0.05) is 37.2 Å². The maximum atomic E-state index is 12.2. The van der Waals surface area contributed by atoms with E-state index < -0.39 is 0 Å². The monoisotopic (exact) mass is 315 g/mol. The van der Waals surface area contributed by atoms with E-state index >= 15 is 0 Å². The average Bonchev–Trinajstić information content (AvgIpc) is 3.04. The van der Waals surface area contributed by atoms with Crippen molar-refractivity contribution in [2.45, 2.75) is 19.4 Å². The molecule has 0 bridgehead atoms. The van der Waals surface area contributed by atoms with Crippen LogP contribution in [0.1, 0.15) is 13.3 Å². The summed E-state index contributed by atoms with van der Waals surface area (Å²) >= 11 is 0. The van der Waals surface area contributed by atoms with E-state index in [0.717, 1.165) is 31.9 Å². The van der Waals surface area contributed by atoms with Crippen LogP contribution in [0.25, 0.3) is 11.3 Å². The van der Waals surface area contributed by atoms with Gasteiger partial charge in [0.25, 0.3) is 0 Å². The van der Waals surface area contributed by atoms with E-state index in [0.29, 0.717) is 18.0 Å². The molecule has 122 valence electrons. The van der Waals surface area contributed by atoms with E-state index in [1.807, 2.05) is 30.3 Å². The molecule has 6 nitrogen and oxygen atoms in total. The van der Waals surface area contributed by atoms with Crippen LogP contribution in [-0.2, 0) is 9.53 Å². The van der Waals surface area contributed by atoms with Gasteiger partial charge in [0.1, 0.15) is 5.69 Å². The zero-order valence-electron chi connectivity index (χ0n) is 13.2. The first kappa shape index (κ1) is 15.7. The second-order valence-corrected chi connectivity index (χ2v) is 5.69. The molecule has 0 aliphatic carbocycles. The average molecular weight is 315 g/mol. The van der Waals surface area contributed by atoms with Gasteiger partial charge < -0.3 is 9.26 Å². The van der Waals surface area contributed by atoms with Crippen molar-refractivity contribution in [2.75, 3.05) is 31.6 Å². The van der Waals surface area contributed by atoms with Crippen LogP contribution in [0.3, 0.4) is 0 Å². The van der Waals surface area contributed by atoms with Gasteiger partial charge in [0.2, 0.25) is 11.8 Å². The molecule has 1 aliphatic heterocycles. The predicted octanol–water partition coefficient (Wildman–Crippen LogP) is 2.39. The van der Waals surface area contributed by atoms with Crippen LogP contribution in [0.2, 0.25) is 0 Å².